The van der Waals surface area contributed by atoms with Crippen LogP contribution in [0.1, 0.15) is 46.5 Å². The van der Waals surface area contributed by atoms with E-state index in [1.807, 2.05) is 13.0 Å². The second kappa shape index (κ2) is 4.52. The first-order valence-electron chi connectivity index (χ1n) is 8.77. The normalized spacial score (nSPS) is 48.7. The number of carbonyl (C=O) groups is 3. The molecule has 0 aromatic heterocycles. The minimum absolute atomic E-state index is 0.0345. The summed E-state index contributed by atoms with van der Waals surface area (Å²) in [5, 5.41) is 0. The van der Waals surface area contributed by atoms with Crippen molar-refractivity contribution >= 4 is 17.3 Å². The zero-order valence-electron chi connectivity index (χ0n) is 14.1. The van der Waals surface area contributed by atoms with E-state index in [4.69, 9.17) is 0 Å². The van der Waals surface area contributed by atoms with Gasteiger partial charge < -0.3 is 0 Å². The monoisotopic (exact) mass is 312 g/mol. The highest BCUT2D eigenvalue weighted by Crippen LogP contribution is 2.63. The van der Waals surface area contributed by atoms with Crippen LogP contribution < -0.4 is 0 Å². The first kappa shape index (κ1) is 15.0. The molecule has 3 saturated carbocycles. The van der Waals surface area contributed by atoms with Gasteiger partial charge in [-0.05, 0) is 42.7 Å². The lowest BCUT2D eigenvalue weighted by Gasteiger charge is -2.56. The molecule has 0 aromatic carbocycles. The molecule has 3 nitrogen and oxygen atoms in total. The molecule has 0 bridgehead atoms. The molecule has 122 valence electrons. The van der Waals surface area contributed by atoms with E-state index in [2.05, 4.69) is 13.8 Å². The van der Waals surface area contributed by atoms with Crippen molar-refractivity contribution in [3.8, 4) is 0 Å². The highest BCUT2D eigenvalue weighted by molar-refractivity contribution is 6.02. The maximum absolute atomic E-state index is 13.1. The molecule has 1 unspecified atom stereocenters. The summed E-state index contributed by atoms with van der Waals surface area (Å²) in [5.41, 5.74) is 0.327. The van der Waals surface area contributed by atoms with Crippen molar-refractivity contribution in [1.29, 1.82) is 0 Å². The van der Waals surface area contributed by atoms with E-state index in [-0.39, 0.29) is 34.6 Å². The maximum Gasteiger partial charge on any atom is 0.178 e. The zero-order valence-corrected chi connectivity index (χ0v) is 14.1. The highest BCUT2D eigenvalue weighted by Gasteiger charge is 2.63. The lowest BCUT2D eigenvalue weighted by Crippen LogP contribution is -2.56. The number of allylic oxidation sites excluding steroid dienone is 4. The van der Waals surface area contributed by atoms with Crippen LogP contribution in [0, 0.1) is 34.5 Å². The van der Waals surface area contributed by atoms with Crippen molar-refractivity contribution in [3.05, 3.63) is 23.8 Å². The third-order valence-corrected chi connectivity index (χ3v) is 7.32. The largest absolute Gasteiger partial charge is 0.299 e. The Morgan fingerprint density at radius 3 is 2.65 bits per heavy atom. The van der Waals surface area contributed by atoms with Gasteiger partial charge in [0.25, 0.3) is 0 Å². The first-order valence-corrected chi connectivity index (χ1v) is 8.77. The number of rotatable bonds is 0. The fraction of sp³-hybridized carbons (Fsp3) is 0.650. The molecule has 0 N–H and O–H groups in total. The van der Waals surface area contributed by atoms with Crippen LogP contribution in [0.4, 0.5) is 0 Å². The fourth-order valence-corrected chi connectivity index (χ4v) is 6.13. The Morgan fingerprint density at radius 1 is 1.17 bits per heavy atom. The summed E-state index contributed by atoms with van der Waals surface area (Å²) >= 11 is 0. The molecule has 23 heavy (non-hydrogen) atoms. The molecule has 4 rings (SSSR count). The summed E-state index contributed by atoms with van der Waals surface area (Å²) in [7, 11) is 0. The molecule has 0 spiro atoms. The van der Waals surface area contributed by atoms with Gasteiger partial charge in [0.2, 0.25) is 0 Å². The highest BCUT2D eigenvalue weighted by atomic mass is 16.1. The molecule has 3 heteroatoms. The SMILES string of the molecule is CC1CC2=CC(=O)C=C[C@]2(C)[C@H]2C(=O)C[C@]3(C)C(=O)CC[C@H]3[C@H]12. The molecule has 0 radical (unpaired) electrons. The van der Waals surface area contributed by atoms with Gasteiger partial charge in [-0.15, -0.1) is 0 Å². The summed E-state index contributed by atoms with van der Waals surface area (Å²) in [6.07, 6.45) is 8.12. The van der Waals surface area contributed by atoms with E-state index in [1.165, 1.54) is 0 Å². The van der Waals surface area contributed by atoms with Gasteiger partial charge >= 0.3 is 0 Å². The average Bonchev–Trinajstić information content (AvgIpc) is 2.76. The van der Waals surface area contributed by atoms with Crippen molar-refractivity contribution in [2.45, 2.75) is 46.5 Å². The molecule has 0 aliphatic heterocycles. The van der Waals surface area contributed by atoms with E-state index in [9.17, 15) is 14.4 Å². The molecule has 0 saturated heterocycles. The number of ketones is 3. The van der Waals surface area contributed by atoms with E-state index in [0.717, 1.165) is 18.4 Å². The molecular weight excluding hydrogens is 288 g/mol. The quantitative estimate of drug-likeness (QED) is 0.689. The Morgan fingerprint density at radius 2 is 1.91 bits per heavy atom. The van der Waals surface area contributed by atoms with Gasteiger partial charge in [0.1, 0.15) is 11.6 Å². The molecule has 4 aliphatic rings. The van der Waals surface area contributed by atoms with E-state index in [1.54, 1.807) is 12.2 Å². The number of carbonyl (C=O) groups excluding carboxylic acids is 3. The summed E-state index contributed by atoms with van der Waals surface area (Å²) < 4.78 is 0. The van der Waals surface area contributed by atoms with Crippen LogP contribution in [0.25, 0.3) is 0 Å². The Bertz CT molecular complexity index is 685. The molecule has 6 atom stereocenters. The van der Waals surface area contributed by atoms with Crippen molar-refractivity contribution < 1.29 is 14.4 Å². The van der Waals surface area contributed by atoms with Gasteiger partial charge in [0.05, 0.1) is 0 Å². The summed E-state index contributed by atoms with van der Waals surface area (Å²) in [6, 6.07) is 0. The van der Waals surface area contributed by atoms with E-state index in [0.29, 0.717) is 24.7 Å². The Balaban J connectivity index is 1.83. The van der Waals surface area contributed by atoms with E-state index < -0.39 is 5.41 Å². The summed E-state index contributed by atoms with van der Waals surface area (Å²) in [6.45, 7) is 6.33. The topological polar surface area (TPSA) is 51.2 Å². The Kier molecular flexibility index (Phi) is 2.96. The predicted molar refractivity (Wildman–Crippen MR) is 86.6 cm³/mol. The number of fused-ring (bicyclic) bond motifs is 5. The third-order valence-electron chi connectivity index (χ3n) is 7.32. The number of Topliss-reactive ketones (excluding diaryl/α,β-unsaturated/α-hetero) is 2. The smallest absolute Gasteiger partial charge is 0.178 e. The van der Waals surface area contributed by atoms with Crippen molar-refractivity contribution in [1.82, 2.24) is 0 Å². The second-order valence-corrected chi connectivity index (χ2v) is 8.55. The number of hydrogen-bond donors (Lipinski definition) is 0. The fourth-order valence-electron chi connectivity index (χ4n) is 6.13. The second-order valence-electron chi connectivity index (χ2n) is 8.55. The van der Waals surface area contributed by atoms with Crippen LogP contribution in [-0.4, -0.2) is 17.3 Å². The first-order chi connectivity index (χ1) is 10.8. The van der Waals surface area contributed by atoms with Crippen LogP contribution in [0.3, 0.4) is 0 Å². The van der Waals surface area contributed by atoms with Gasteiger partial charge in [-0.25, -0.2) is 0 Å². The van der Waals surface area contributed by atoms with Crippen LogP contribution >= 0.6 is 0 Å². The molecule has 3 fully saturated rings. The number of hydrogen-bond acceptors (Lipinski definition) is 3. The van der Waals surface area contributed by atoms with Gasteiger partial charge in [0, 0.05) is 29.6 Å². The zero-order chi connectivity index (χ0) is 16.6. The molecule has 0 aromatic rings. The lowest BCUT2D eigenvalue weighted by molar-refractivity contribution is -0.150. The molecular formula is C20H24O3. The van der Waals surface area contributed by atoms with Crippen LogP contribution in [0.15, 0.2) is 23.8 Å². The predicted octanol–water partition coefficient (Wildman–Crippen LogP) is 3.29. The molecule has 0 amide bonds. The summed E-state index contributed by atoms with van der Waals surface area (Å²) in [5.74, 6) is 1.38. The summed E-state index contributed by atoms with van der Waals surface area (Å²) in [4.78, 5) is 37.3. The standard InChI is InChI=1S/C20H24O3/c1-11-8-12-9-13(21)6-7-19(12,2)18-15(22)10-20(3)14(17(11)18)4-5-16(20)23/h6-7,9,11,14,17-18H,4-5,8,10H2,1-3H3/t11?,14-,17-,18-,19-,20-/m0/s1. The van der Waals surface area contributed by atoms with E-state index >= 15 is 0 Å². The van der Waals surface area contributed by atoms with Crippen molar-refractivity contribution in [3.63, 3.8) is 0 Å². The van der Waals surface area contributed by atoms with Gasteiger partial charge in [-0.2, -0.15) is 0 Å². The van der Waals surface area contributed by atoms with Gasteiger partial charge in [0.15, 0.2) is 5.78 Å². The van der Waals surface area contributed by atoms with Crippen molar-refractivity contribution in [2.24, 2.45) is 34.5 Å². The van der Waals surface area contributed by atoms with Crippen LogP contribution in [0.2, 0.25) is 0 Å². The molecule has 0 heterocycles. The van der Waals surface area contributed by atoms with Crippen molar-refractivity contribution in [2.75, 3.05) is 0 Å². The third kappa shape index (κ3) is 1.79. The Hall–Kier alpha value is -1.51. The van der Waals surface area contributed by atoms with Gasteiger partial charge in [-0.3, -0.25) is 14.4 Å². The minimum Gasteiger partial charge on any atom is -0.299 e. The van der Waals surface area contributed by atoms with Crippen LogP contribution in [0.5, 0.6) is 0 Å². The lowest BCUT2D eigenvalue weighted by atomic mass is 9.46. The molecule has 4 aliphatic carbocycles. The minimum atomic E-state index is -0.446. The average molecular weight is 312 g/mol. The Labute approximate surface area is 137 Å². The van der Waals surface area contributed by atoms with Crippen LogP contribution in [-0.2, 0) is 14.4 Å². The van der Waals surface area contributed by atoms with Gasteiger partial charge in [-0.1, -0.05) is 32.4 Å². The maximum atomic E-state index is 13.1.